The molecule has 133 valence electrons. The third-order valence-corrected chi connectivity index (χ3v) is 7.92. The largest absolute Gasteiger partial charge is 0.0651 e. The van der Waals surface area contributed by atoms with Crippen LogP contribution in [0.3, 0.4) is 0 Å². The Kier molecular flexibility index (Phi) is 9.33. The molecular formula is C22H45. The Balaban J connectivity index is 5.67. The first kappa shape index (κ1) is 22.0. The molecule has 1 radical (unpaired) electrons. The van der Waals surface area contributed by atoms with E-state index in [9.17, 15) is 0 Å². The van der Waals surface area contributed by atoms with E-state index < -0.39 is 0 Å². The summed E-state index contributed by atoms with van der Waals surface area (Å²) >= 11 is 0. The lowest BCUT2D eigenvalue weighted by atomic mass is 9.53. The van der Waals surface area contributed by atoms with E-state index in [4.69, 9.17) is 0 Å². The third kappa shape index (κ3) is 4.51. The van der Waals surface area contributed by atoms with Crippen molar-refractivity contribution in [1.82, 2.24) is 0 Å². The molecule has 0 aliphatic rings. The van der Waals surface area contributed by atoms with Gasteiger partial charge in [-0.15, -0.1) is 0 Å². The Morgan fingerprint density at radius 2 is 1.00 bits per heavy atom. The molecule has 0 bridgehead atoms. The van der Waals surface area contributed by atoms with Crippen molar-refractivity contribution in [1.29, 1.82) is 0 Å². The molecule has 6 atom stereocenters. The minimum atomic E-state index is 0.341. The summed E-state index contributed by atoms with van der Waals surface area (Å²) in [6, 6.07) is 0. The quantitative estimate of drug-likeness (QED) is 0.389. The predicted octanol–water partition coefficient (Wildman–Crippen LogP) is 7.63. The van der Waals surface area contributed by atoms with Crippen molar-refractivity contribution < 1.29 is 0 Å². The zero-order valence-electron chi connectivity index (χ0n) is 17.6. The van der Waals surface area contributed by atoms with Crippen LogP contribution in [0.2, 0.25) is 0 Å². The van der Waals surface area contributed by atoms with Gasteiger partial charge in [-0.1, -0.05) is 95.4 Å². The summed E-state index contributed by atoms with van der Waals surface area (Å²) in [6.45, 7) is 26.9. The highest BCUT2D eigenvalue weighted by molar-refractivity contribution is 5.11. The van der Waals surface area contributed by atoms with Crippen LogP contribution in [0, 0.1) is 46.8 Å². The van der Waals surface area contributed by atoms with Crippen molar-refractivity contribution >= 4 is 0 Å². The molecule has 0 N–H and O–H groups in total. The number of rotatable bonds is 10. The Bertz CT molecular complexity index is 276. The first-order valence-corrected chi connectivity index (χ1v) is 9.93. The van der Waals surface area contributed by atoms with E-state index in [1.54, 1.807) is 5.92 Å². The van der Waals surface area contributed by atoms with Gasteiger partial charge < -0.3 is 0 Å². The fraction of sp³-hybridized carbons (Fsp3) is 0.955. The van der Waals surface area contributed by atoms with Gasteiger partial charge in [0.25, 0.3) is 0 Å². The zero-order chi connectivity index (χ0) is 17.7. The third-order valence-electron chi connectivity index (χ3n) is 7.92. The highest BCUT2D eigenvalue weighted by Gasteiger charge is 2.46. The molecule has 0 aliphatic heterocycles. The van der Waals surface area contributed by atoms with E-state index >= 15 is 0 Å². The molecular weight excluding hydrogens is 264 g/mol. The summed E-state index contributed by atoms with van der Waals surface area (Å²) < 4.78 is 0. The van der Waals surface area contributed by atoms with Crippen molar-refractivity contribution in [2.45, 2.75) is 95.4 Å². The van der Waals surface area contributed by atoms with Crippen molar-refractivity contribution in [2.24, 2.45) is 40.9 Å². The summed E-state index contributed by atoms with van der Waals surface area (Å²) in [5.41, 5.74) is 0.341. The maximum Gasteiger partial charge on any atom is -0.0177 e. The maximum atomic E-state index is 2.58. The molecule has 0 heterocycles. The summed E-state index contributed by atoms with van der Waals surface area (Å²) in [4.78, 5) is 0. The molecule has 22 heavy (non-hydrogen) atoms. The minimum absolute atomic E-state index is 0.341. The van der Waals surface area contributed by atoms with Gasteiger partial charge in [-0.05, 0) is 46.8 Å². The topological polar surface area (TPSA) is 0 Å². The molecule has 0 aliphatic carbocycles. The van der Waals surface area contributed by atoms with Gasteiger partial charge in [0.15, 0.2) is 0 Å². The average Bonchev–Trinajstić information content (AvgIpc) is 2.55. The summed E-state index contributed by atoms with van der Waals surface area (Å²) in [6.07, 6.45) is 3.86. The second-order valence-corrected chi connectivity index (χ2v) is 8.49. The van der Waals surface area contributed by atoms with Gasteiger partial charge in [-0.2, -0.15) is 0 Å². The van der Waals surface area contributed by atoms with Gasteiger partial charge in [0, 0.05) is 0 Å². The Morgan fingerprint density at radius 3 is 1.27 bits per heavy atom. The summed E-state index contributed by atoms with van der Waals surface area (Å²) in [5, 5.41) is 0. The second-order valence-electron chi connectivity index (χ2n) is 8.49. The number of hydrogen-bond donors (Lipinski definition) is 0. The van der Waals surface area contributed by atoms with Crippen molar-refractivity contribution in [2.75, 3.05) is 0 Å². The molecule has 0 spiro atoms. The van der Waals surface area contributed by atoms with E-state index in [0.717, 1.165) is 29.6 Å². The van der Waals surface area contributed by atoms with Crippen LogP contribution < -0.4 is 0 Å². The molecule has 0 rings (SSSR count). The van der Waals surface area contributed by atoms with Crippen molar-refractivity contribution in [3.05, 3.63) is 5.92 Å². The minimum Gasteiger partial charge on any atom is -0.0651 e. The van der Waals surface area contributed by atoms with Crippen LogP contribution >= 0.6 is 0 Å². The smallest absolute Gasteiger partial charge is 0.0177 e. The summed E-state index contributed by atoms with van der Waals surface area (Å²) in [7, 11) is 0. The normalized spacial score (nSPS) is 23.5. The predicted molar refractivity (Wildman–Crippen MR) is 103 cm³/mol. The first-order valence-electron chi connectivity index (χ1n) is 9.93. The Labute approximate surface area is 142 Å². The van der Waals surface area contributed by atoms with Crippen LogP contribution in [0.5, 0.6) is 0 Å². The van der Waals surface area contributed by atoms with Gasteiger partial charge in [-0.3, -0.25) is 0 Å². The Hall–Kier alpha value is 0. The molecule has 0 saturated carbocycles. The van der Waals surface area contributed by atoms with Crippen LogP contribution in [0.15, 0.2) is 0 Å². The highest BCUT2D eigenvalue weighted by Crippen LogP contribution is 2.53. The van der Waals surface area contributed by atoms with Crippen LogP contribution in [0.25, 0.3) is 0 Å². The van der Waals surface area contributed by atoms with E-state index in [-0.39, 0.29) is 0 Å². The van der Waals surface area contributed by atoms with Gasteiger partial charge in [-0.25, -0.2) is 0 Å². The maximum absolute atomic E-state index is 2.58. The van der Waals surface area contributed by atoms with E-state index in [0.29, 0.717) is 11.3 Å². The van der Waals surface area contributed by atoms with E-state index in [1.165, 1.54) is 19.3 Å². The standard InChI is InChI=1S/C22H45/c1-12-15(4)18(7)21(10)22(11,19(8)16(5)13-2)20(9)17(6)14-3/h15-20H,12-14H2,1-11H3. The molecule has 0 saturated heterocycles. The van der Waals surface area contributed by atoms with Gasteiger partial charge in [0.05, 0.1) is 0 Å². The molecule has 0 aromatic heterocycles. The average molecular weight is 310 g/mol. The summed E-state index contributed by atoms with van der Waals surface area (Å²) in [5.74, 6) is 6.32. The zero-order valence-corrected chi connectivity index (χ0v) is 17.6. The fourth-order valence-corrected chi connectivity index (χ4v) is 4.29. The Morgan fingerprint density at radius 1 is 0.682 bits per heavy atom. The molecule has 0 nitrogen and oxygen atoms in total. The van der Waals surface area contributed by atoms with Crippen LogP contribution in [0.4, 0.5) is 0 Å². The molecule has 0 fully saturated rings. The lowest BCUT2D eigenvalue weighted by Gasteiger charge is -2.52. The molecule has 0 aromatic rings. The fourth-order valence-electron chi connectivity index (χ4n) is 4.29. The van der Waals surface area contributed by atoms with Gasteiger partial charge >= 0.3 is 0 Å². The van der Waals surface area contributed by atoms with Crippen molar-refractivity contribution in [3.8, 4) is 0 Å². The monoisotopic (exact) mass is 309 g/mol. The van der Waals surface area contributed by atoms with Crippen LogP contribution in [-0.2, 0) is 0 Å². The highest BCUT2D eigenvalue weighted by atomic mass is 14.5. The SMILES string of the molecule is CCC(C)C(C)[C](C)C(C)(C(C)C(C)CC)C(C)C(C)CC. The lowest BCUT2D eigenvalue weighted by Crippen LogP contribution is -2.45. The molecule has 0 amide bonds. The molecule has 0 heteroatoms. The second kappa shape index (κ2) is 9.33. The van der Waals surface area contributed by atoms with Crippen LogP contribution in [-0.4, -0.2) is 0 Å². The molecule has 6 unspecified atom stereocenters. The number of hydrogen-bond acceptors (Lipinski definition) is 0. The van der Waals surface area contributed by atoms with Gasteiger partial charge in [0.1, 0.15) is 0 Å². The lowest BCUT2D eigenvalue weighted by molar-refractivity contribution is 0.0368. The van der Waals surface area contributed by atoms with E-state index in [2.05, 4.69) is 76.2 Å². The van der Waals surface area contributed by atoms with Gasteiger partial charge in [0.2, 0.25) is 0 Å². The van der Waals surface area contributed by atoms with Crippen molar-refractivity contribution in [3.63, 3.8) is 0 Å². The van der Waals surface area contributed by atoms with E-state index in [1.807, 2.05) is 0 Å². The van der Waals surface area contributed by atoms with Crippen LogP contribution in [0.1, 0.15) is 95.4 Å². The molecule has 0 aromatic carbocycles. The first-order chi connectivity index (χ1) is 10.1.